The van der Waals surface area contributed by atoms with Gasteiger partial charge in [-0.2, -0.15) is 0 Å². The molecule has 1 aromatic carbocycles. The molecule has 1 aliphatic carbocycles. The highest BCUT2D eigenvalue weighted by Crippen LogP contribution is 2.41. The Morgan fingerprint density at radius 3 is 2.68 bits per heavy atom. The molecule has 0 aromatic heterocycles. The highest BCUT2D eigenvalue weighted by molar-refractivity contribution is 5.34. The second-order valence-electron chi connectivity index (χ2n) is 6.45. The van der Waals surface area contributed by atoms with Crippen LogP contribution in [0.1, 0.15) is 55.7 Å². The third kappa shape index (κ3) is 3.60. The lowest BCUT2D eigenvalue weighted by Gasteiger charge is -2.36. The molecule has 1 N–H and O–H groups in total. The van der Waals surface area contributed by atoms with Gasteiger partial charge in [-0.3, -0.25) is 0 Å². The van der Waals surface area contributed by atoms with Gasteiger partial charge < -0.3 is 5.32 Å². The lowest BCUT2D eigenvalue weighted by Crippen LogP contribution is -2.31. The van der Waals surface area contributed by atoms with Gasteiger partial charge in [0.15, 0.2) is 0 Å². The van der Waals surface area contributed by atoms with Gasteiger partial charge >= 0.3 is 0 Å². The molecular formula is C18H29N. The molecule has 3 atom stereocenters. The fraction of sp³-hybridized carbons (Fsp3) is 0.667. The summed E-state index contributed by atoms with van der Waals surface area (Å²) < 4.78 is 0. The molecule has 2 rings (SSSR count). The molecule has 0 aliphatic heterocycles. The van der Waals surface area contributed by atoms with Gasteiger partial charge in [-0.25, -0.2) is 0 Å². The summed E-state index contributed by atoms with van der Waals surface area (Å²) in [7, 11) is 0. The third-order valence-corrected chi connectivity index (χ3v) is 4.74. The van der Waals surface area contributed by atoms with E-state index in [0.29, 0.717) is 0 Å². The van der Waals surface area contributed by atoms with Gasteiger partial charge in [0, 0.05) is 0 Å². The molecule has 1 saturated carbocycles. The van der Waals surface area contributed by atoms with Crippen LogP contribution in [-0.4, -0.2) is 13.1 Å². The number of aryl methyl sites for hydroxylation is 2. The van der Waals surface area contributed by atoms with Crippen molar-refractivity contribution in [3.05, 3.63) is 34.9 Å². The Labute approximate surface area is 118 Å². The maximum atomic E-state index is 3.56. The van der Waals surface area contributed by atoms with E-state index in [9.17, 15) is 0 Å². The maximum absolute atomic E-state index is 3.56. The van der Waals surface area contributed by atoms with Crippen molar-refractivity contribution >= 4 is 0 Å². The minimum Gasteiger partial charge on any atom is -0.317 e. The predicted octanol–water partition coefficient (Wildman–Crippen LogP) is 4.43. The van der Waals surface area contributed by atoms with Crippen LogP contribution >= 0.6 is 0 Å². The SMILES string of the molecule is CCNCC1CCC(C)CC1c1ccc(C)cc1C. The summed E-state index contributed by atoms with van der Waals surface area (Å²) in [5.41, 5.74) is 4.47. The van der Waals surface area contributed by atoms with Crippen LogP contribution in [0.3, 0.4) is 0 Å². The highest BCUT2D eigenvalue weighted by atomic mass is 14.8. The monoisotopic (exact) mass is 259 g/mol. The van der Waals surface area contributed by atoms with Crippen LogP contribution in [0.2, 0.25) is 0 Å². The summed E-state index contributed by atoms with van der Waals surface area (Å²) in [5, 5.41) is 3.56. The number of hydrogen-bond acceptors (Lipinski definition) is 1. The van der Waals surface area contributed by atoms with Gasteiger partial charge in [-0.1, -0.05) is 44.0 Å². The summed E-state index contributed by atoms with van der Waals surface area (Å²) >= 11 is 0. The second kappa shape index (κ2) is 6.56. The smallest absolute Gasteiger partial charge is 0.00148 e. The number of hydrogen-bond donors (Lipinski definition) is 1. The number of rotatable bonds is 4. The zero-order valence-corrected chi connectivity index (χ0v) is 13.0. The lowest BCUT2D eigenvalue weighted by atomic mass is 9.70. The van der Waals surface area contributed by atoms with E-state index < -0.39 is 0 Å². The van der Waals surface area contributed by atoms with Gasteiger partial charge in [0.2, 0.25) is 0 Å². The van der Waals surface area contributed by atoms with Crippen molar-refractivity contribution in [1.82, 2.24) is 5.32 Å². The standard InChI is InChI=1S/C18H29N/c1-5-19-12-16-8-6-14(3)11-18(16)17-9-7-13(2)10-15(17)4/h7,9-10,14,16,18-19H,5-6,8,11-12H2,1-4H3. The van der Waals surface area contributed by atoms with E-state index >= 15 is 0 Å². The molecule has 1 aliphatic rings. The molecule has 0 amide bonds. The summed E-state index contributed by atoms with van der Waals surface area (Å²) in [5.74, 6) is 2.45. The molecule has 19 heavy (non-hydrogen) atoms. The van der Waals surface area contributed by atoms with Crippen LogP contribution in [0.4, 0.5) is 0 Å². The van der Waals surface area contributed by atoms with Crippen molar-refractivity contribution in [2.75, 3.05) is 13.1 Å². The predicted molar refractivity (Wildman–Crippen MR) is 83.7 cm³/mol. The number of nitrogens with one attached hydrogen (secondary N) is 1. The van der Waals surface area contributed by atoms with Crippen molar-refractivity contribution < 1.29 is 0 Å². The van der Waals surface area contributed by atoms with Crippen LogP contribution in [0, 0.1) is 25.7 Å². The van der Waals surface area contributed by atoms with Gasteiger partial charge in [0.25, 0.3) is 0 Å². The zero-order valence-electron chi connectivity index (χ0n) is 13.0. The Kier molecular flexibility index (Phi) is 5.04. The van der Waals surface area contributed by atoms with Crippen LogP contribution < -0.4 is 5.32 Å². The van der Waals surface area contributed by atoms with E-state index in [1.54, 1.807) is 5.56 Å². The van der Waals surface area contributed by atoms with Crippen molar-refractivity contribution in [1.29, 1.82) is 0 Å². The quantitative estimate of drug-likeness (QED) is 0.843. The first-order chi connectivity index (χ1) is 9.11. The van der Waals surface area contributed by atoms with E-state index in [1.807, 2.05) is 0 Å². The fourth-order valence-electron chi connectivity index (χ4n) is 3.64. The molecule has 0 radical (unpaired) electrons. The minimum atomic E-state index is 0.753. The first-order valence-corrected chi connectivity index (χ1v) is 7.89. The Balaban J connectivity index is 2.20. The van der Waals surface area contributed by atoms with E-state index in [1.165, 1.54) is 36.9 Å². The molecule has 0 saturated heterocycles. The van der Waals surface area contributed by atoms with E-state index in [0.717, 1.165) is 24.3 Å². The lowest BCUT2D eigenvalue weighted by molar-refractivity contribution is 0.242. The molecule has 0 spiro atoms. The fourth-order valence-corrected chi connectivity index (χ4v) is 3.64. The van der Waals surface area contributed by atoms with Crippen LogP contribution in [-0.2, 0) is 0 Å². The van der Waals surface area contributed by atoms with E-state index in [2.05, 4.69) is 51.2 Å². The molecular weight excluding hydrogens is 230 g/mol. The summed E-state index contributed by atoms with van der Waals surface area (Å²) in [4.78, 5) is 0. The first kappa shape index (κ1) is 14.6. The highest BCUT2D eigenvalue weighted by Gasteiger charge is 2.30. The minimum absolute atomic E-state index is 0.753. The molecule has 1 aromatic rings. The molecule has 1 fully saturated rings. The zero-order chi connectivity index (χ0) is 13.8. The molecule has 0 heterocycles. The van der Waals surface area contributed by atoms with Crippen molar-refractivity contribution in [2.45, 2.75) is 52.9 Å². The summed E-state index contributed by atoms with van der Waals surface area (Å²) in [6, 6.07) is 7.01. The Hall–Kier alpha value is -0.820. The average molecular weight is 259 g/mol. The van der Waals surface area contributed by atoms with Gasteiger partial charge in [-0.15, -0.1) is 0 Å². The summed E-state index contributed by atoms with van der Waals surface area (Å²) in [6.45, 7) is 11.4. The largest absolute Gasteiger partial charge is 0.317 e. The third-order valence-electron chi connectivity index (χ3n) is 4.74. The maximum Gasteiger partial charge on any atom is -0.00148 e. The summed E-state index contributed by atoms with van der Waals surface area (Å²) in [6.07, 6.45) is 4.14. The van der Waals surface area contributed by atoms with Crippen LogP contribution in [0.25, 0.3) is 0 Å². The van der Waals surface area contributed by atoms with E-state index in [4.69, 9.17) is 0 Å². The molecule has 1 heteroatoms. The van der Waals surface area contributed by atoms with Gasteiger partial charge in [-0.05, 0) is 68.7 Å². The molecule has 106 valence electrons. The number of benzene rings is 1. The Morgan fingerprint density at radius 1 is 1.21 bits per heavy atom. The topological polar surface area (TPSA) is 12.0 Å². The van der Waals surface area contributed by atoms with Gasteiger partial charge in [0.05, 0.1) is 0 Å². The molecule has 1 nitrogen and oxygen atoms in total. The Morgan fingerprint density at radius 2 is 2.00 bits per heavy atom. The van der Waals surface area contributed by atoms with Crippen molar-refractivity contribution in [2.24, 2.45) is 11.8 Å². The first-order valence-electron chi connectivity index (χ1n) is 7.89. The van der Waals surface area contributed by atoms with Crippen LogP contribution in [0.5, 0.6) is 0 Å². The Bertz CT molecular complexity index is 408. The molecule has 3 unspecified atom stereocenters. The van der Waals surface area contributed by atoms with Crippen LogP contribution in [0.15, 0.2) is 18.2 Å². The normalized spacial score (nSPS) is 27.5. The van der Waals surface area contributed by atoms with Gasteiger partial charge in [0.1, 0.15) is 0 Å². The average Bonchev–Trinajstić information content (AvgIpc) is 2.37. The van der Waals surface area contributed by atoms with E-state index in [-0.39, 0.29) is 0 Å². The van der Waals surface area contributed by atoms with Crippen molar-refractivity contribution in [3.8, 4) is 0 Å². The van der Waals surface area contributed by atoms with Crippen molar-refractivity contribution in [3.63, 3.8) is 0 Å². The molecule has 0 bridgehead atoms. The second-order valence-corrected chi connectivity index (χ2v) is 6.45.